The predicted molar refractivity (Wildman–Crippen MR) is 180 cm³/mol. The summed E-state index contributed by atoms with van der Waals surface area (Å²) in [4.78, 5) is 15.6. The van der Waals surface area contributed by atoms with Crippen LogP contribution in [0.1, 0.15) is 107 Å². The van der Waals surface area contributed by atoms with Gasteiger partial charge in [-0.1, -0.05) is 58.1 Å². The van der Waals surface area contributed by atoms with Crippen molar-refractivity contribution >= 4 is 5.91 Å². The first-order valence-electron chi connectivity index (χ1n) is 17.8. The molecule has 254 valence electrons. The number of rotatable bonds is 15. The number of amides is 1. The standard InChI is InChI=1S/C39H56FNO5/c1-5-6-7-10-19-41(36(44)22-26-13-17-33(45-3)34(21-26)46-4)20-11-8-9-12-27-23-28-24-29(42)14-15-30(28)38-32(40)25-39(2)31(37(27)38)16-18-35(39)43/h13-15,17,21,24,27,31-32,35,37-38,42-43H,5-12,16,18-20,22-23,25H2,1-4H3/t27-,31+,32+,35+,37+,38+,39+/m1/s1. The Morgan fingerprint density at radius 3 is 2.43 bits per heavy atom. The number of halogens is 1. The molecule has 2 aromatic carbocycles. The average molecular weight is 638 g/mol. The van der Waals surface area contributed by atoms with Crippen LogP contribution < -0.4 is 9.47 Å². The number of aliphatic hydroxyl groups excluding tert-OH is 1. The first-order chi connectivity index (χ1) is 22.2. The van der Waals surface area contributed by atoms with Crippen molar-refractivity contribution in [3.8, 4) is 17.2 Å². The van der Waals surface area contributed by atoms with E-state index in [9.17, 15) is 15.0 Å². The van der Waals surface area contributed by atoms with Crippen LogP contribution in [-0.2, 0) is 17.6 Å². The number of alkyl halides is 1. The maximum Gasteiger partial charge on any atom is 0.226 e. The van der Waals surface area contributed by atoms with Crippen LogP contribution in [0.15, 0.2) is 36.4 Å². The summed E-state index contributed by atoms with van der Waals surface area (Å²) in [5, 5.41) is 21.2. The van der Waals surface area contributed by atoms with E-state index >= 15 is 4.39 Å². The Labute approximate surface area is 275 Å². The maximum absolute atomic E-state index is 16.1. The highest BCUT2D eigenvalue weighted by Gasteiger charge is 2.59. The van der Waals surface area contributed by atoms with Crippen LogP contribution in [0.2, 0.25) is 0 Å². The molecule has 5 rings (SSSR count). The number of phenols is 1. The van der Waals surface area contributed by atoms with Gasteiger partial charge in [-0.15, -0.1) is 0 Å². The number of carbonyl (C=O) groups is 1. The summed E-state index contributed by atoms with van der Waals surface area (Å²) < 4.78 is 26.9. The number of hydrogen-bond acceptors (Lipinski definition) is 5. The first kappa shape index (κ1) is 34.5. The molecule has 1 amide bonds. The molecule has 0 spiro atoms. The number of aromatic hydroxyl groups is 1. The fourth-order valence-electron chi connectivity index (χ4n) is 9.29. The van der Waals surface area contributed by atoms with Crippen molar-refractivity contribution in [1.29, 1.82) is 0 Å². The molecule has 2 aromatic rings. The average Bonchev–Trinajstić information content (AvgIpc) is 3.34. The van der Waals surface area contributed by atoms with Crippen LogP contribution in [0.3, 0.4) is 0 Å². The minimum absolute atomic E-state index is 0.144. The number of fused-ring (bicyclic) bond motifs is 5. The molecule has 2 fully saturated rings. The van der Waals surface area contributed by atoms with Crippen LogP contribution in [0.5, 0.6) is 17.2 Å². The highest BCUT2D eigenvalue weighted by Crippen LogP contribution is 2.63. The topological polar surface area (TPSA) is 79.2 Å². The monoisotopic (exact) mass is 637 g/mol. The lowest BCUT2D eigenvalue weighted by Crippen LogP contribution is -2.51. The molecule has 0 aromatic heterocycles. The summed E-state index contributed by atoms with van der Waals surface area (Å²) in [6.07, 6.45) is 10.4. The van der Waals surface area contributed by atoms with E-state index in [2.05, 4.69) is 13.8 Å². The number of carbonyl (C=O) groups excluding carboxylic acids is 1. The van der Waals surface area contributed by atoms with Gasteiger partial charge < -0.3 is 24.6 Å². The zero-order chi connectivity index (χ0) is 32.8. The van der Waals surface area contributed by atoms with Crippen molar-refractivity contribution in [2.75, 3.05) is 27.3 Å². The number of nitrogens with zero attached hydrogens (tertiary/aromatic N) is 1. The normalized spacial score (nSPS) is 28.2. The van der Waals surface area contributed by atoms with Crippen molar-refractivity contribution < 1.29 is 28.9 Å². The van der Waals surface area contributed by atoms with Crippen molar-refractivity contribution in [2.24, 2.45) is 23.2 Å². The van der Waals surface area contributed by atoms with Crippen LogP contribution in [0, 0.1) is 23.2 Å². The van der Waals surface area contributed by atoms with Gasteiger partial charge in [-0.3, -0.25) is 4.79 Å². The minimum atomic E-state index is -0.983. The zero-order valence-electron chi connectivity index (χ0n) is 28.5. The lowest BCUT2D eigenvalue weighted by molar-refractivity contribution is -0.130. The number of phenolic OH excluding ortho intramolecular Hbond substituents is 1. The highest BCUT2D eigenvalue weighted by molar-refractivity contribution is 5.79. The molecule has 2 saturated carbocycles. The van der Waals surface area contributed by atoms with E-state index in [1.54, 1.807) is 20.3 Å². The molecule has 0 unspecified atom stereocenters. The van der Waals surface area contributed by atoms with Gasteiger partial charge in [-0.05, 0) is 109 Å². The quantitative estimate of drug-likeness (QED) is 0.194. The summed E-state index contributed by atoms with van der Waals surface area (Å²) >= 11 is 0. The third-order valence-corrected chi connectivity index (χ3v) is 11.7. The molecular formula is C39H56FNO5. The molecule has 0 radical (unpaired) electrons. The third kappa shape index (κ3) is 7.35. The molecule has 0 saturated heterocycles. The van der Waals surface area contributed by atoms with E-state index in [4.69, 9.17) is 9.47 Å². The van der Waals surface area contributed by atoms with Crippen molar-refractivity contribution in [3.05, 3.63) is 53.1 Å². The smallest absolute Gasteiger partial charge is 0.226 e. The Balaban J connectivity index is 1.22. The lowest BCUT2D eigenvalue weighted by Gasteiger charge is -2.54. The molecule has 6 nitrogen and oxygen atoms in total. The molecule has 0 heterocycles. The van der Waals surface area contributed by atoms with Gasteiger partial charge in [0.15, 0.2) is 11.5 Å². The van der Waals surface area contributed by atoms with Gasteiger partial charge in [0.05, 0.1) is 26.7 Å². The molecule has 3 aliphatic carbocycles. The summed E-state index contributed by atoms with van der Waals surface area (Å²) in [6.45, 7) is 5.84. The first-order valence-corrected chi connectivity index (χ1v) is 17.8. The number of unbranched alkanes of at least 4 members (excludes halogenated alkanes) is 5. The fraction of sp³-hybridized carbons (Fsp3) is 0.667. The van der Waals surface area contributed by atoms with Crippen LogP contribution in [-0.4, -0.2) is 60.6 Å². The van der Waals surface area contributed by atoms with Crippen LogP contribution in [0.25, 0.3) is 0 Å². The summed E-state index contributed by atoms with van der Waals surface area (Å²) in [6, 6.07) is 11.2. The molecule has 7 atom stereocenters. The molecule has 3 aliphatic rings. The molecule has 0 aliphatic heterocycles. The van der Waals surface area contributed by atoms with Gasteiger partial charge in [0, 0.05) is 19.0 Å². The number of benzene rings is 2. The number of ether oxygens (including phenoxy) is 2. The Hall–Kier alpha value is -2.80. The van der Waals surface area contributed by atoms with E-state index < -0.39 is 12.3 Å². The van der Waals surface area contributed by atoms with Crippen molar-refractivity contribution in [3.63, 3.8) is 0 Å². The van der Waals surface area contributed by atoms with Crippen LogP contribution in [0.4, 0.5) is 4.39 Å². The lowest BCUT2D eigenvalue weighted by atomic mass is 9.51. The second kappa shape index (κ2) is 15.4. The third-order valence-electron chi connectivity index (χ3n) is 11.7. The highest BCUT2D eigenvalue weighted by atomic mass is 19.1. The Kier molecular flexibility index (Phi) is 11.6. The number of methoxy groups -OCH3 is 2. The zero-order valence-corrected chi connectivity index (χ0v) is 28.5. The van der Waals surface area contributed by atoms with E-state index in [1.807, 2.05) is 35.2 Å². The van der Waals surface area contributed by atoms with E-state index in [-0.39, 0.29) is 28.9 Å². The van der Waals surface area contributed by atoms with Gasteiger partial charge in [-0.25, -0.2) is 4.39 Å². The van der Waals surface area contributed by atoms with E-state index in [1.165, 1.54) is 6.42 Å². The molecular weight excluding hydrogens is 581 g/mol. The summed E-state index contributed by atoms with van der Waals surface area (Å²) in [5.74, 6) is 2.37. The van der Waals surface area contributed by atoms with Gasteiger partial charge in [0.2, 0.25) is 5.91 Å². The SMILES string of the molecule is CCCCCCN(CCCCC[C@@H]1Cc2cc(O)ccc2[C@@H]2[C@@H]1[C@@H]1CC[C@H](O)[C@@]1(C)C[C@@H]2F)C(=O)Cc1ccc(OC)c(OC)c1. The molecule has 2 N–H and O–H groups in total. The largest absolute Gasteiger partial charge is 0.508 e. The molecule has 7 heteroatoms. The predicted octanol–water partition coefficient (Wildman–Crippen LogP) is 8.01. The maximum atomic E-state index is 16.1. The second-order valence-electron chi connectivity index (χ2n) is 14.5. The Morgan fingerprint density at radius 2 is 1.72 bits per heavy atom. The Bertz CT molecular complexity index is 1320. The molecule has 0 bridgehead atoms. The summed E-state index contributed by atoms with van der Waals surface area (Å²) in [7, 11) is 3.22. The van der Waals surface area contributed by atoms with Gasteiger partial charge >= 0.3 is 0 Å². The number of hydrogen-bond donors (Lipinski definition) is 2. The van der Waals surface area contributed by atoms with Crippen molar-refractivity contribution in [2.45, 2.75) is 116 Å². The van der Waals surface area contributed by atoms with Gasteiger partial charge in [-0.2, -0.15) is 0 Å². The Morgan fingerprint density at radius 1 is 0.978 bits per heavy atom. The minimum Gasteiger partial charge on any atom is -0.508 e. The molecule has 46 heavy (non-hydrogen) atoms. The van der Waals surface area contributed by atoms with E-state index in [0.717, 1.165) is 94.0 Å². The van der Waals surface area contributed by atoms with Gasteiger partial charge in [0.25, 0.3) is 0 Å². The van der Waals surface area contributed by atoms with Gasteiger partial charge in [0.1, 0.15) is 11.9 Å². The van der Waals surface area contributed by atoms with Crippen molar-refractivity contribution in [1.82, 2.24) is 4.90 Å². The second-order valence-corrected chi connectivity index (χ2v) is 14.5. The number of aliphatic hydroxyl groups is 1. The van der Waals surface area contributed by atoms with Crippen LogP contribution >= 0.6 is 0 Å². The van der Waals surface area contributed by atoms with E-state index in [0.29, 0.717) is 36.2 Å². The summed E-state index contributed by atoms with van der Waals surface area (Å²) in [5.41, 5.74) is 2.72. The fourth-order valence-corrected chi connectivity index (χ4v) is 9.29.